The largest absolute Gasteiger partial charge is 0.497 e. The van der Waals surface area contributed by atoms with Crippen LogP contribution in [0.5, 0.6) is 23.0 Å². The molecular formula is C28H38N4O7. The zero-order chi connectivity index (χ0) is 28.4. The predicted molar refractivity (Wildman–Crippen MR) is 147 cm³/mol. The molecule has 2 aromatic rings. The Morgan fingerprint density at radius 2 is 1.72 bits per heavy atom. The third-order valence-electron chi connectivity index (χ3n) is 6.38. The van der Waals surface area contributed by atoms with E-state index in [-0.39, 0.29) is 25.0 Å². The van der Waals surface area contributed by atoms with Crippen LogP contribution in [0.15, 0.2) is 41.5 Å². The monoisotopic (exact) mass is 542 g/mol. The molecular weight excluding hydrogens is 504 g/mol. The number of nitrogens with zero attached hydrogens (tertiary/aromatic N) is 3. The zero-order valence-corrected chi connectivity index (χ0v) is 23.5. The molecule has 1 heterocycles. The average molecular weight is 543 g/mol. The Bertz CT molecular complexity index is 1170. The fraction of sp³-hybridized carbons (Fsp3) is 0.464. The van der Waals surface area contributed by atoms with Crippen LogP contribution in [0, 0.1) is 0 Å². The van der Waals surface area contributed by atoms with Crippen LogP contribution in [-0.2, 0) is 9.53 Å². The van der Waals surface area contributed by atoms with Gasteiger partial charge in [0.05, 0.1) is 46.8 Å². The number of benzene rings is 2. The Balaban J connectivity index is 1.99. The Kier molecular flexibility index (Phi) is 10.8. The quantitative estimate of drug-likeness (QED) is 0.413. The van der Waals surface area contributed by atoms with Gasteiger partial charge in [-0.2, -0.15) is 5.10 Å². The van der Waals surface area contributed by atoms with Gasteiger partial charge in [0.2, 0.25) is 0 Å². The number of urea groups is 1. The van der Waals surface area contributed by atoms with Crippen molar-refractivity contribution >= 4 is 17.6 Å². The number of hydrazone groups is 1. The second-order valence-corrected chi connectivity index (χ2v) is 8.83. The van der Waals surface area contributed by atoms with Gasteiger partial charge in [0.1, 0.15) is 18.0 Å². The van der Waals surface area contributed by atoms with Crippen molar-refractivity contribution in [3.8, 4) is 23.0 Å². The highest BCUT2D eigenvalue weighted by Crippen LogP contribution is 2.39. The van der Waals surface area contributed by atoms with Crippen molar-refractivity contribution in [2.24, 2.45) is 5.10 Å². The van der Waals surface area contributed by atoms with Crippen LogP contribution < -0.4 is 24.3 Å². The Morgan fingerprint density at radius 1 is 0.974 bits per heavy atom. The average Bonchev–Trinajstić information content (AvgIpc) is 3.42. The highest BCUT2D eigenvalue weighted by molar-refractivity contribution is 6.05. The van der Waals surface area contributed by atoms with Gasteiger partial charge in [-0.3, -0.25) is 4.79 Å². The molecule has 3 amide bonds. The van der Waals surface area contributed by atoms with Gasteiger partial charge in [0.15, 0.2) is 11.5 Å². The van der Waals surface area contributed by atoms with Crippen LogP contribution >= 0.6 is 0 Å². The van der Waals surface area contributed by atoms with Crippen molar-refractivity contribution in [2.45, 2.75) is 25.8 Å². The smallest absolute Gasteiger partial charge is 0.317 e. The standard InChI is InChI=1S/C28H38N4O7/c1-7-12-29-28(34)31(13-14-35-2)18-27(33)32-23(19-8-11-24(37-4)26(15-19)39-6)17-22(30-32)21-10-9-20(36-3)16-25(21)38-5/h8-11,15-16,23H,7,12-14,17-18H2,1-6H3,(H,29,34)/t23-/m0/s1. The molecule has 212 valence electrons. The fourth-order valence-electron chi connectivity index (χ4n) is 4.29. The molecule has 1 aliphatic rings. The minimum absolute atomic E-state index is 0.167. The van der Waals surface area contributed by atoms with E-state index in [0.717, 1.165) is 17.5 Å². The van der Waals surface area contributed by atoms with Crippen molar-refractivity contribution in [1.82, 2.24) is 15.2 Å². The van der Waals surface area contributed by atoms with E-state index in [1.54, 1.807) is 47.7 Å². The maximum atomic E-state index is 13.7. The summed E-state index contributed by atoms with van der Waals surface area (Å²) >= 11 is 0. The summed E-state index contributed by atoms with van der Waals surface area (Å²) in [7, 11) is 7.84. The SMILES string of the molecule is CCCNC(=O)N(CCOC)CC(=O)N1N=C(c2ccc(OC)cc2OC)C[C@H]1c1ccc(OC)c(OC)c1. The third kappa shape index (κ3) is 7.11. The maximum absolute atomic E-state index is 13.7. The summed E-state index contributed by atoms with van der Waals surface area (Å²) in [4.78, 5) is 28.0. The van der Waals surface area contributed by atoms with Crippen LogP contribution in [-0.4, -0.2) is 89.3 Å². The summed E-state index contributed by atoms with van der Waals surface area (Å²) in [5.41, 5.74) is 2.23. The second-order valence-electron chi connectivity index (χ2n) is 8.83. The number of hydrogen-bond donors (Lipinski definition) is 1. The molecule has 0 bridgehead atoms. The first kappa shape index (κ1) is 29.6. The minimum atomic E-state index is -0.443. The molecule has 0 spiro atoms. The molecule has 39 heavy (non-hydrogen) atoms. The molecule has 0 unspecified atom stereocenters. The van der Waals surface area contributed by atoms with E-state index < -0.39 is 6.04 Å². The molecule has 0 aliphatic carbocycles. The molecule has 11 nitrogen and oxygen atoms in total. The Labute approximate surface area is 229 Å². The molecule has 0 saturated carbocycles. The number of hydrogen-bond acceptors (Lipinski definition) is 8. The lowest BCUT2D eigenvalue weighted by Gasteiger charge is -2.27. The number of nitrogens with one attached hydrogen (secondary N) is 1. The van der Waals surface area contributed by atoms with Crippen LogP contribution in [0.2, 0.25) is 0 Å². The molecule has 1 atom stereocenters. The number of carbonyl (C=O) groups is 2. The van der Waals surface area contributed by atoms with Crippen LogP contribution in [0.3, 0.4) is 0 Å². The number of ether oxygens (including phenoxy) is 5. The van der Waals surface area contributed by atoms with E-state index in [2.05, 4.69) is 5.32 Å². The lowest BCUT2D eigenvalue weighted by Crippen LogP contribution is -2.47. The molecule has 3 rings (SSSR count). The fourth-order valence-corrected chi connectivity index (χ4v) is 4.29. The van der Waals surface area contributed by atoms with Gasteiger partial charge < -0.3 is 33.9 Å². The van der Waals surface area contributed by atoms with E-state index in [9.17, 15) is 9.59 Å². The first-order chi connectivity index (χ1) is 18.9. The van der Waals surface area contributed by atoms with Crippen LogP contribution in [0.4, 0.5) is 4.79 Å². The van der Waals surface area contributed by atoms with Crippen molar-refractivity contribution in [3.63, 3.8) is 0 Å². The van der Waals surface area contributed by atoms with Gasteiger partial charge in [-0.05, 0) is 36.2 Å². The normalized spacial score (nSPS) is 14.5. The first-order valence-electron chi connectivity index (χ1n) is 12.8. The topological polar surface area (TPSA) is 111 Å². The second kappa shape index (κ2) is 14.2. The lowest BCUT2D eigenvalue weighted by atomic mass is 9.97. The first-order valence-corrected chi connectivity index (χ1v) is 12.8. The van der Waals surface area contributed by atoms with Gasteiger partial charge in [-0.25, -0.2) is 9.80 Å². The van der Waals surface area contributed by atoms with Gasteiger partial charge in [-0.1, -0.05) is 13.0 Å². The molecule has 0 aromatic heterocycles. The summed E-state index contributed by atoms with van der Waals surface area (Å²) in [6, 6.07) is 10.2. The van der Waals surface area contributed by atoms with E-state index in [4.69, 9.17) is 28.8 Å². The molecule has 1 N–H and O–H groups in total. The molecule has 0 radical (unpaired) electrons. The van der Waals surface area contributed by atoms with Crippen LogP contribution in [0.25, 0.3) is 0 Å². The van der Waals surface area contributed by atoms with Gasteiger partial charge in [0.25, 0.3) is 5.91 Å². The minimum Gasteiger partial charge on any atom is -0.497 e. The number of carbonyl (C=O) groups excluding carboxylic acids is 2. The molecule has 11 heteroatoms. The lowest BCUT2D eigenvalue weighted by molar-refractivity contribution is -0.133. The van der Waals surface area contributed by atoms with E-state index in [0.29, 0.717) is 48.3 Å². The number of methoxy groups -OCH3 is 5. The van der Waals surface area contributed by atoms with Gasteiger partial charge in [0, 0.05) is 38.2 Å². The summed E-state index contributed by atoms with van der Waals surface area (Å²) in [6.07, 6.45) is 1.20. The van der Waals surface area contributed by atoms with Gasteiger partial charge in [-0.15, -0.1) is 0 Å². The summed E-state index contributed by atoms with van der Waals surface area (Å²) in [5, 5.41) is 9.02. The van der Waals surface area contributed by atoms with Crippen molar-refractivity contribution in [3.05, 3.63) is 47.5 Å². The van der Waals surface area contributed by atoms with Crippen molar-refractivity contribution in [1.29, 1.82) is 0 Å². The predicted octanol–water partition coefficient (Wildman–Crippen LogP) is 3.47. The molecule has 0 fully saturated rings. The highest BCUT2D eigenvalue weighted by Gasteiger charge is 2.35. The molecule has 0 saturated heterocycles. The van der Waals surface area contributed by atoms with E-state index >= 15 is 0 Å². The van der Waals surface area contributed by atoms with Gasteiger partial charge >= 0.3 is 6.03 Å². The van der Waals surface area contributed by atoms with Crippen LogP contribution in [0.1, 0.15) is 36.9 Å². The summed E-state index contributed by atoms with van der Waals surface area (Å²) in [5.74, 6) is 2.01. The van der Waals surface area contributed by atoms with E-state index in [1.807, 2.05) is 31.2 Å². The molecule has 1 aliphatic heterocycles. The third-order valence-corrected chi connectivity index (χ3v) is 6.38. The maximum Gasteiger partial charge on any atom is 0.317 e. The number of amides is 3. The van der Waals surface area contributed by atoms with Crippen molar-refractivity contribution < 1.29 is 33.3 Å². The molecule has 2 aromatic carbocycles. The van der Waals surface area contributed by atoms with Crippen molar-refractivity contribution in [2.75, 3.05) is 61.8 Å². The zero-order valence-electron chi connectivity index (χ0n) is 23.5. The summed E-state index contributed by atoms with van der Waals surface area (Å²) < 4.78 is 27.0. The van der Waals surface area contributed by atoms with E-state index in [1.165, 1.54) is 9.91 Å². The summed E-state index contributed by atoms with van der Waals surface area (Å²) in [6.45, 7) is 2.86. The Hall–Kier alpha value is -3.99. The highest BCUT2D eigenvalue weighted by atomic mass is 16.5. The number of rotatable bonds is 13. The Morgan fingerprint density at radius 3 is 2.36 bits per heavy atom.